The van der Waals surface area contributed by atoms with E-state index in [2.05, 4.69) is 21.4 Å². The number of amides is 1. The first-order chi connectivity index (χ1) is 18.2. The third kappa shape index (κ3) is 4.36. The van der Waals surface area contributed by atoms with E-state index < -0.39 is 0 Å². The summed E-state index contributed by atoms with van der Waals surface area (Å²) in [5.74, 6) is 0.632. The molecule has 3 aromatic carbocycles. The first-order valence-electron chi connectivity index (χ1n) is 12.2. The van der Waals surface area contributed by atoms with E-state index in [1.54, 1.807) is 18.6 Å². The standard InChI is InChI=1S/C30H25N5O2/c1-20-27(28(21-9-4-2-5-10-21)34-35(20)23-12-6-3-7-13-23)30(36)33-18-24-17-22-11-8-14-25(29(22)37-24)26-19-31-15-16-32-26/h2-16,19,24H,17-18H2,1H3,(H,33,36). The number of rotatable bonds is 6. The van der Waals surface area contributed by atoms with E-state index >= 15 is 0 Å². The second kappa shape index (κ2) is 9.70. The first kappa shape index (κ1) is 22.7. The Morgan fingerprint density at radius 1 is 1.00 bits per heavy atom. The van der Waals surface area contributed by atoms with Crippen LogP contribution in [-0.2, 0) is 6.42 Å². The fourth-order valence-electron chi connectivity index (χ4n) is 4.78. The summed E-state index contributed by atoms with van der Waals surface area (Å²) in [5.41, 5.74) is 6.56. The van der Waals surface area contributed by atoms with Gasteiger partial charge in [0.15, 0.2) is 0 Å². The van der Waals surface area contributed by atoms with Gasteiger partial charge in [0, 0.05) is 29.9 Å². The van der Waals surface area contributed by atoms with Crippen LogP contribution in [0.2, 0.25) is 0 Å². The highest BCUT2D eigenvalue weighted by Gasteiger charge is 2.28. The number of ether oxygens (including phenoxy) is 1. The highest BCUT2D eigenvalue weighted by Crippen LogP contribution is 2.37. The first-order valence-corrected chi connectivity index (χ1v) is 12.2. The zero-order valence-corrected chi connectivity index (χ0v) is 20.3. The molecule has 6 rings (SSSR count). The summed E-state index contributed by atoms with van der Waals surface area (Å²) in [7, 11) is 0. The van der Waals surface area contributed by atoms with Crippen LogP contribution in [0.25, 0.3) is 28.2 Å². The minimum Gasteiger partial charge on any atom is -0.487 e. The maximum Gasteiger partial charge on any atom is 0.255 e. The molecular formula is C30H25N5O2. The third-order valence-electron chi connectivity index (χ3n) is 6.55. The van der Waals surface area contributed by atoms with Crippen LogP contribution in [-0.4, -0.2) is 38.3 Å². The van der Waals surface area contributed by atoms with Crippen LogP contribution in [0.5, 0.6) is 5.75 Å². The largest absolute Gasteiger partial charge is 0.487 e. The zero-order valence-electron chi connectivity index (χ0n) is 20.3. The number of hydrogen-bond acceptors (Lipinski definition) is 5. The number of carbonyl (C=O) groups excluding carboxylic acids is 1. The Kier molecular flexibility index (Phi) is 5.94. The predicted octanol–water partition coefficient (Wildman–Crippen LogP) is 5.04. The highest BCUT2D eigenvalue weighted by molar-refractivity contribution is 6.01. The van der Waals surface area contributed by atoms with Crippen LogP contribution in [0.1, 0.15) is 21.6 Å². The van der Waals surface area contributed by atoms with Gasteiger partial charge in [-0.2, -0.15) is 5.10 Å². The molecule has 0 radical (unpaired) electrons. The van der Waals surface area contributed by atoms with E-state index in [1.807, 2.05) is 84.4 Å². The molecule has 1 amide bonds. The van der Waals surface area contributed by atoms with Gasteiger partial charge in [0.05, 0.1) is 35.4 Å². The molecule has 1 aliphatic rings. The van der Waals surface area contributed by atoms with E-state index in [-0.39, 0.29) is 12.0 Å². The Balaban J connectivity index is 1.25. The van der Waals surface area contributed by atoms with Crippen molar-refractivity contribution >= 4 is 5.91 Å². The van der Waals surface area contributed by atoms with Gasteiger partial charge in [0.25, 0.3) is 5.91 Å². The second-order valence-corrected chi connectivity index (χ2v) is 8.96. The average molecular weight is 488 g/mol. The molecule has 0 bridgehead atoms. The molecule has 7 heteroatoms. The lowest BCUT2D eigenvalue weighted by atomic mass is 10.0. The van der Waals surface area contributed by atoms with E-state index in [9.17, 15) is 4.79 Å². The molecule has 3 heterocycles. The van der Waals surface area contributed by atoms with Crippen LogP contribution in [0, 0.1) is 6.92 Å². The maximum absolute atomic E-state index is 13.6. The van der Waals surface area contributed by atoms with Crippen molar-refractivity contribution in [2.24, 2.45) is 0 Å². The van der Waals surface area contributed by atoms with Crippen LogP contribution >= 0.6 is 0 Å². The van der Waals surface area contributed by atoms with Gasteiger partial charge in [-0.3, -0.25) is 14.8 Å². The monoisotopic (exact) mass is 487 g/mol. The number of hydrogen-bond donors (Lipinski definition) is 1. The molecule has 37 heavy (non-hydrogen) atoms. The lowest BCUT2D eigenvalue weighted by molar-refractivity contribution is 0.0933. The van der Waals surface area contributed by atoms with Crippen LogP contribution < -0.4 is 10.1 Å². The van der Waals surface area contributed by atoms with Crippen molar-refractivity contribution in [3.8, 4) is 34.0 Å². The summed E-state index contributed by atoms with van der Waals surface area (Å²) in [5, 5.41) is 7.95. The van der Waals surface area contributed by atoms with Crippen LogP contribution in [0.4, 0.5) is 0 Å². The molecule has 1 unspecified atom stereocenters. The van der Waals surface area contributed by atoms with E-state index in [4.69, 9.17) is 9.84 Å². The molecule has 2 aromatic heterocycles. The fraction of sp³-hybridized carbons (Fsp3) is 0.133. The smallest absolute Gasteiger partial charge is 0.255 e. The number of benzene rings is 3. The van der Waals surface area contributed by atoms with Gasteiger partial charge in [-0.05, 0) is 30.7 Å². The Morgan fingerprint density at radius 3 is 2.54 bits per heavy atom. The topological polar surface area (TPSA) is 81.9 Å². The van der Waals surface area contributed by atoms with Crippen LogP contribution in [0.3, 0.4) is 0 Å². The summed E-state index contributed by atoms with van der Waals surface area (Å²) < 4.78 is 8.12. The minimum atomic E-state index is -0.179. The molecule has 1 aliphatic heterocycles. The van der Waals surface area contributed by atoms with Gasteiger partial charge in [0.2, 0.25) is 0 Å². The minimum absolute atomic E-state index is 0.174. The third-order valence-corrected chi connectivity index (χ3v) is 6.55. The number of fused-ring (bicyclic) bond motifs is 1. The van der Waals surface area contributed by atoms with Crippen molar-refractivity contribution in [3.63, 3.8) is 0 Å². The average Bonchev–Trinajstić information content (AvgIpc) is 3.54. The number of para-hydroxylation sites is 2. The summed E-state index contributed by atoms with van der Waals surface area (Å²) in [6, 6.07) is 25.7. The molecular weight excluding hydrogens is 462 g/mol. The summed E-state index contributed by atoms with van der Waals surface area (Å²) >= 11 is 0. The van der Waals surface area contributed by atoms with E-state index in [0.717, 1.165) is 39.5 Å². The summed E-state index contributed by atoms with van der Waals surface area (Å²) in [6.45, 7) is 2.30. The molecule has 0 saturated carbocycles. The normalized spacial score (nSPS) is 14.1. The highest BCUT2D eigenvalue weighted by atomic mass is 16.5. The quantitative estimate of drug-likeness (QED) is 0.363. The maximum atomic E-state index is 13.6. The molecule has 1 atom stereocenters. The Labute approximate surface area is 214 Å². The molecule has 5 aromatic rings. The number of aromatic nitrogens is 4. The molecule has 182 valence electrons. The van der Waals surface area contributed by atoms with Crippen molar-refractivity contribution in [1.29, 1.82) is 0 Å². The molecule has 0 fully saturated rings. The SMILES string of the molecule is Cc1c(C(=O)NCC2Cc3cccc(-c4cnccn4)c3O2)c(-c2ccccc2)nn1-c1ccccc1. The molecule has 0 saturated heterocycles. The van der Waals surface area contributed by atoms with Crippen LogP contribution in [0.15, 0.2) is 97.5 Å². The Morgan fingerprint density at radius 2 is 1.78 bits per heavy atom. The Hall–Kier alpha value is -4.78. The number of carbonyl (C=O) groups is 1. The van der Waals surface area contributed by atoms with Crippen molar-refractivity contribution in [2.45, 2.75) is 19.4 Å². The van der Waals surface area contributed by atoms with E-state index in [0.29, 0.717) is 24.2 Å². The van der Waals surface area contributed by atoms with Crippen molar-refractivity contribution in [3.05, 3.63) is 114 Å². The van der Waals surface area contributed by atoms with Gasteiger partial charge < -0.3 is 10.1 Å². The van der Waals surface area contributed by atoms with E-state index in [1.165, 1.54) is 0 Å². The molecule has 1 N–H and O–H groups in total. The van der Waals surface area contributed by atoms with Crippen molar-refractivity contribution < 1.29 is 9.53 Å². The number of nitrogens with one attached hydrogen (secondary N) is 1. The zero-order chi connectivity index (χ0) is 25.2. The lowest BCUT2D eigenvalue weighted by Gasteiger charge is -2.14. The van der Waals surface area contributed by atoms with Gasteiger partial charge in [-0.15, -0.1) is 0 Å². The predicted molar refractivity (Wildman–Crippen MR) is 142 cm³/mol. The fourth-order valence-corrected chi connectivity index (χ4v) is 4.78. The molecule has 7 nitrogen and oxygen atoms in total. The van der Waals surface area contributed by atoms with Gasteiger partial charge in [-0.1, -0.05) is 60.7 Å². The Bertz CT molecular complexity index is 1550. The van der Waals surface area contributed by atoms with Gasteiger partial charge >= 0.3 is 0 Å². The summed E-state index contributed by atoms with van der Waals surface area (Å²) in [6.07, 6.45) is 5.58. The molecule has 0 spiro atoms. The van der Waals surface area contributed by atoms with Gasteiger partial charge in [0.1, 0.15) is 17.5 Å². The summed E-state index contributed by atoms with van der Waals surface area (Å²) in [4.78, 5) is 22.2. The molecule has 0 aliphatic carbocycles. The second-order valence-electron chi connectivity index (χ2n) is 8.96. The van der Waals surface area contributed by atoms with Crippen molar-refractivity contribution in [1.82, 2.24) is 25.1 Å². The lowest BCUT2D eigenvalue weighted by Crippen LogP contribution is -2.34. The van der Waals surface area contributed by atoms with Crippen molar-refractivity contribution in [2.75, 3.05) is 6.54 Å². The van der Waals surface area contributed by atoms with Gasteiger partial charge in [-0.25, -0.2) is 4.68 Å². The number of nitrogens with zero attached hydrogens (tertiary/aromatic N) is 4.